The predicted molar refractivity (Wildman–Crippen MR) is 82.7 cm³/mol. The van der Waals surface area contributed by atoms with Crippen LogP contribution in [0.1, 0.15) is 12.0 Å². The third kappa shape index (κ3) is 5.12. The minimum Gasteiger partial charge on any atom is -0.355 e. The topological polar surface area (TPSA) is 58.2 Å². The summed E-state index contributed by atoms with van der Waals surface area (Å²) in [6.07, 6.45) is -0.235. The fourth-order valence-electron chi connectivity index (χ4n) is 2.03. The van der Waals surface area contributed by atoms with E-state index in [0.717, 1.165) is 12.1 Å². The molecule has 0 bridgehead atoms. The van der Waals surface area contributed by atoms with Crippen molar-refractivity contribution in [3.8, 4) is 0 Å². The molecule has 126 valence electrons. The summed E-state index contributed by atoms with van der Waals surface area (Å²) in [5.41, 5.74) is 0.246. The van der Waals surface area contributed by atoms with Gasteiger partial charge in [-0.15, -0.1) is 0 Å². The van der Waals surface area contributed by atoms with Crippen molar-refractivity contribution in [1.29, 1.82) is 0 Å². The zero-order chi connectivity index (χ0) is 17.5. The van der Waals surface area contributed by atoms with Crippen molar-refractivity contribution in [3.05, 3.63) is 65.5 Å². The van der Waals surface area contributed by atoms with Gasteiger partial charge in [0.2, 0.25) is 11.8 Å². The molecule has 0 aliphatic rings. The van der Waals surface area contributed by atoms with E-state index in [1.54, 1.807) is 18.2 Å². The van der Waals surface area contributed by atoms with Gasteiger partial charge >= 0.3 is 0 Å². The molecule has 0 saturated heterocycles. The third-order valence-corrected chi connectivity index (χ3v) is 3.20. The molecule has 0 unspecified atom stereocenters. The van der Waals surface area contributed by atoms with Crippen LogP contribution in [-0.2, 0) is 16.0 Å². The molecule has 0 saturated carbocycles. The summed E-state index contributed by atoms with van der Waals surface area (Å²) >= 11 is 0. The lowest BCUT2D eigenvalue weighted by Gasteiger charge is -2.08. The molecular weight excluding hydrogens is 321 g/mol. The molecular formula is C17H15F3N2O2. The average molecular weight is 336 g/mol. The lowest BCUT2D eigenvalue weighted by Crippen LogP contribution is -2.30. The number of amides is 2. The first-order valence-electron chi connectivity index (χ1n) is 7.20. The van der Waals surface area contributed by atoms with Gasteiger partial charge in [0.25, 0.3) is 0 Å². The summed E-state index contributed by atoms with van der Waals surface area (Å²) in [7, 11) is 0. The maximum Gasteiger partial charge on any atom is 0.233 e. The van der Waals surface area contributed by atoms with Crippen LogP contribution in [0.25, 0.3) is 0 Å². The van der Waals surface area contributed by atoms with Crippen molar-refractivity contribution in [3.63, 3.8) is 0 Å². The van der Waals surface area contributed by atoms with Crippen molar-refractivity contribution in [2.45, 2.75) is 12.8 Å². The van der Waals surface area contributed by atoms with E-state index in [1.807, 2.05) is 0 Å². The van der Waals surface area contributed by atoms with Gasteiger partial charge in [0, 0.05) is 12.6 Å². The summed E-state index contributed by atoms with van der Waals surface area (Å²) < 4.78 is 39.5. The highest BCUT2D eigenvalue weighted by Gasteiger charge is 2.12. The number of rotatable bonds is 6. The summed E-state index contributed by atoms with van der Waals surface area (Å²) in [6.45, 7) is 0.165. The monoisotopic (exact) mass is 336 g/mol. The number of benzene rings is 2. The second-order valence-corrected chi connectivity index (χ2v) is 5.04. The first-order valence-corrected chi connectivity index (χ1v) is 7.20. The summed E-state index contributed by atoms with van der Waals surface area (Å²) in [5, 5.41) is 4.66. The van der Waals surface area contributed by atoms with Crippen LogP contribution in [0.2, 0.25) is 0 Å². The molecule has 0 aromatic heterocycles. The number of anilines is 1. The SMILES string of the molecule is O=C(CC(=O)Nc1ccc(F)cc1F)NCCc1ccccc1F. The molecule has 24 heavy (non-hydrogen) atoms. The van der Waals surface area contributed by atoms with Gasteiger partial charge in [-0.05, 0) is 30.2 Å². The molecule has 0 atom stereocenters. The zero-order valence-electron chi connectivity index (χ0n) is 12.6. The van der Waals surface area contributed by atoms with Crippen molar-refractivity contribution >= 4 is 17.5 Å². The Morgan fingerprint density at radius 2 is 1.67 bits per heavy atom. The van der Waals surface area contributed by atoms with E-state index < -0.39 is 29.9 Å². The van der Waals surface area contributed by atoms with Gasteiger partial charge < -0.3 is 10.6 Å². The largest absolute Gasteiger partial charge is 0.355 e. The van der Waals surface area contributed by atoms with E-state index >= 15 is 0 Å². The normalized spacial score (nSPS) is 10.3. The number of hydrogen-bond donors (Lipinski definition) is 2. The Bertz CT molecular complexity index is 750. The Morgan fingerprint density at radius 1 is 0.917 bits per heavy atom. The second-order valence-electron chi connectivity index (χ2n) is 5.04. The molecule has 0 heterocycles. The van der Waals surface area contributed by atoms with Gasteiger partial charge in [0.05, 0.1) is 5.69 Å². The number of nitrogens with one attached hydrogen (secondary N) is 2. The van der Waals surface area contributed by atoms with Crippen LogP contribution in [0.15, 0.2) is 42.5 Å². The molecule has 0 fully saturated rings. The van der Waals surface area contributed by atoms with E-state index in [2.05, 4.69) is 10.6 Å². The second kappa shape index (κ2) is 8.14. The first-order chi connectivity index (χ1) is 11.5. The Hall–Kier alpha value is -2.83. The van der Waals surface area contributed by atoms with Gasteiger partial charge in [0.1, 0.15) is 23.9 Å². The first kappa shape index (κ1) is 17.5. The molecule has 2 aromatic carbocycles. The number of hydrogen-bond acceptors (Lipinski definition) is 2. The highest BCUT2D eigenvalue weighted by molar-refractivity contribution is 6.03. The molecule has 0 radical (unpaired) electrons. The maximum absolute atomic E-state index is 13.4. The predicted octanol–water partition coefficient (Wildman–Crippen LogP) is 2.79. The highest BCUT2D eigenvalue weighted by Crippen LogP contribution is 2.15. The molecule has 0 spiro atoms. The smallest absolute Gasteiger partial charge is 0.233 e. The molecule has 4 nitrogen and oxygen atoms in total. The van der Waals surface area contributed by atoms with E-state index in [9.17, 15) is 22.8 Å². The quantitative estimate of drug-likeness (QED) is 0.797. The third-order valence-electron chi connectivity index (χ3n) is 3.20. The molecule has 2 N–H and O–H groups in total. The van der Waals surface area contributed by atoms with Gasteiger partial charge in [-0.3, -0.25) is 9.59 Å². The lowest BCUT2D eigenvalue weighted by molar-refractivity contribution is -0.126. The van der Waals surface area contributed by atoms with Crippen molar-refractivity contribution in [2.24, 2.45) is 0 Å². The van der Waals surface area contributed by atoms with Gasteiger partial charge in [-0.1, -0.05) is 18.2 Å². The highest BCUT2D eigenvalue weighted by atomic mass is 19.1. The van der Waals surface area contributed by atoms with Crippen LogP contribution in [0, 0.1) is 17.5 Å². The molecule has 0 aliphatic carbocycles. The van der Waals surface area contributed by atoms with E-state index in [4.69, 9.17) is 0 Å². The molecule has 7 heteroatoms. The van der Waals surface area contributed by atoms with Gasteiger partial charge in [-0.2, -0.15) is 0 Å². The van der Waals surface area contributed by atoms with Crippen molar-refractivity contribution in [1.82, 2.24) is 5.32 Å². The Morgan fingerprint density at radius 3 is 2.38 bits per heavy atom. The summed E-state index contributed by atoms with van der Waals surface area (Å²) in [4.78, 5) is 23.3. The van der Waals surface area contributed by atoms with Crippen LogP contribution < -0.4 is 10.6 Å². The molecule has 2 rings (SSSR count). The van der Waals surface area contributed by atoms with E-state index in [0.29, 0.717) is 11.6 Å². The van der Waals surface area contributed by atoms with Crippen LogP contribution >= 0.6 is 0 Å². The van der Waals surface area contributed by atoms with Gasteiger partial charge in [0.15, 0.2) is 0 Å². The Labute approximate surface area is 136 Å². The van der Waals surface area contributed by atoms with Crippen molar-refractivity contribution < 1.29 is 22.8 Å². The number of carbonyl (C=O) groups is 2. The van der Waals surface area contributed by atoms with Gasteiger partial charge in [-0.25, -0.2) is 13.2 Å². The lowest BCUT2D eigenvalue weighted by atomic mass is 10.1. The standard InChI is InChI=1S/C17H15F3N2O2/c18-12-5-6-15(14(20)9-12)22-17(24)10-16(23)21-8-7-11-3-1-2-4-13(11)19/h1-6,9H,7-8,10H2,(H,21,23)(H,22,24). The van der Waals surface area contributed by atoms with Crippen LogP contribution in [0.3, 0.4) is 0 Å². The summed E-state index contributed by atoms with van der Waals surface area (Å²) in [6, 6.07) is 8.87. The van der Waals surface area contributed by atoms with Crippen LogP contribution in [-0.4, -0.2) is 18.4 Å². The van der Waals surface area contributed by atoms with E-state index in [-0.39, 0.29) is 24.5 Å². The summed E-state index contributed by atoms with van der Waals surface area (Å²) in [5.74, 6) is -3.37. The van der Waals surface area contributed by atoms with Crippen LogP contribution in [0.4, 0.5) is 18.9 Å². The minimum absolute atomic E-state index is 0.165. The van der Waals surface area contributed by atoms with Crippen LogP contribution in [0.5, 0.6) is 0 Å². The Balaban J connectivity index is 1.77. The van der Waals surface area contributed by atoms with E-state index in [1.165, 1.54) is 6.07 Å². The fourth-order valence-corrected chi connectivity index (χ4v) is 2.03. The zero-order valence-corrected chi connectivity index (χ0v) is 12.6. The minimum atomic E-state index is -0.927. The molecule has 2 amide bonds. The average Bonchev–Trinajstić information content (AvgIpc) is 2.52. The Kier molecular flexibility index (Phi) is 5.95. The van der Waals surface area contributed by atoms with Crippen molar-refractivity contribution in [2.75, 3.05) is 11.9 Å². The molecule has 2 aromatic rings. The number of carbonyl (C=O) groups excluding carboxylic acids is 2. The fraction of sp³-hybridized carbons (Fsp3) is 0.176. The maximum atomic E-state index is 13.4. The number of halogens is 3. The molecule has 0 aliphatic heterocycles.